The van der Waals surface area contributed by atoms with Gasteiger partial charge in [0, 0.05) is 17.3 Å². The summed E-state index contributed by atoms with van der Waals surface area (Å²) < 4.78 is 5.07. The molecule has 4 nitrogen and oxygen atoms in total. The van der Waals surface area contributed by atoms with Crippen molar-refractivity contribution in [3.8, 4) is 11.5 Å². The number of aliphatic hydroxyl groups excluding tert-OH is 1. The molecular weight excluding hydrogens is 254 g/mol. The van der Waals surface area contributed by atoms with E-state index in [2.05, 4.69) is 5.32 Å². The third-order valence-electron chi connectivity index (χ3n) is 3.20. The molecule has 4 heteroatoms. The summed E-state index contributed by atoms with van der Waals surface area (Å²) in [6, 6.07) is 12.7. The number of ether oxygens (including phenoxy) is 1. The van der Waals surface area contributed by atoms with Gasteiger partial charge in [-0.15, -0.1) is 0 Å². The van der Waals surface area contributed by atoms with Crippen LogP contribution in [0.3, 0.4) is 0 Å². The van der Waals surface area contributed by atoms with E-state index in [0.717, 1.165) is 16.8 Å². The third kappa shape index (κ3) is 3.22. The van der Waals surface area contributed by atoms with Crippen molar-refractivity contribution in [3.63, 3.8) is 0 Å². The molecule has 2 aromatic rings. The standard InChI is InChI=1S/C16H19NO3/c1-11(15-7-6-14(20-2)9-16(15)19)17-13-5-3-4-12(8-13)10-18/h3-9,11,17-19H,10H2,1-2H3. The predicted octanol–water partition coefficient (Wildman–Crippen LogP) is 3.07. The Morgan fingerprint density at radius 3 is 2.65 bits per heavy atom. The second-order valence-electron chi connectivity index (χ2n) is 4.65. The smallest absolute Gasteiger partial charge is 0.124 e. The van der Waals surface area contributed by atoms with E-state index in [9.17, 15) is 5.11 Å². The van der Waals surface area contributed by atoms with E-state index < -0.39 is 0 Å². The molecule has 0 radical (unpaired) electrons. The van der Waals surface area contributed by atoms with Crippen LogP contribution in [0.5, 0.6) is 11.5 Å². The van der Waals surface area contributed by atoms with Crippen molar-refractivity contribution in [1.82, 2.24) is 0 Å². The molecule has 0 aromatic heterocycles. The van der Waals surface area contributed by atoms with Crippen LogP contribution >= 0.6 is 0 Å². The minimum atomic E-state index is -0.0603. The van der Waals surface area contributed by atoms with Gasteiger partial charge in [0.2, 0.25) is 0 Å². The number of aliphatic hydroxyl groups is 1. The summed E-state index contributed by atoms with van der Waals surface area (Å²) in [5.74, 6) is 0.823. The average Bonchev–Trinajstić information content (AvgIpc) is 2.47. The summed E-state index contributed by atoms with van der Waals surface area (Å²) in [5.41, 5.74) is 2.54. The summed E-state index contributed by atoms with van der Waals surface area (Å²) in [4.78, 5) is 0. The Hall–Kier alpha value is -2.20. The first-order chi connectivity index (χ1) is 9.63. The van der Waals surface area contributed by atoms with Gasteiger partial charge in [0.15, 0.2) is 0 Å². The van der Waals surface area contributed by atoms with Crippen LogP contribution in [0.2, 0.25) is 0 Å². The van der Waals surface area contributed by atoms with Crippen LogP contribution in [-0.4, -0.2) is 17.3 Å². The van der Waals surface area contributed by atoms with Crippen LogP contribution in [0.15, 0.2) is 42.5 Å². The van der Waals surface area contributed by atoms with Crippen LogP contribution in [-0.2, 0) is 6.61 Å². The van der Waals surface area contributed by atoms with Crippen LogP contribution in [0.1, 0.15) is 24.1 Å². The number of phenolic OH excluding ortho intramolecular Hbond substituents is 1. The molecule has 2 rings (SSSR count). The summed E-state index contributed by atoms with van der Waals surface area (Å²) in [6.45, 7) is 1.98. The monoisotopic (exact) mass is 273 g/mol. The van der Waals surface area contributed by atoms with Gasteiger partial charge in [-0.2, -0.15) is 0 Å². The lowest BCUT2D eigenvalue weighted by atomic mass is 10.1. The van der Waals surface area contributed by atoms with Gasteiger partial charge in [-0.1, -0.05) is 12.1 Å². The van der Waals surface area contributed by atoms with Gasteiger partial charge < -0.3 is 20.3 Å². The molecule has 0 saturated heterocycles. The van der Waals surface area contributed by atoms with Crippen LogP contribution in [0.25, 0.3) is 0 Å². The van der Waals surface area contributed by atoms with Gasteiger partial charge in [0.25, 0.3) is 0 Å². The van der Waals surface area contributed by atoms with Crippen molar-refractivity contribution in [3.05, 3.63) is 53.6 Å². The first kappa shape index (κ1) is 14.2. The predicted molar refractivity (Wildman–Crippen MR) is 79.1 cm³/mol. The lowest BCUT2D eigenvalue weighted by Crippen LogP contribution is -2.07. The maximum absolute atomic E-state index is 10.0. The van der Waals surface area contributed by atoms with Gasteiger partial charge in [0.05, 0.1) is 19.8 Å². The molecule has 0 aliphatic rings. The fourth-order valence-electron chi connectivity index (χ4n) is 2.10. The molecule has 0 aliphatic carbocycles. The molecule has 0 fully saturated rings. The Balaban J connectivity index is 2.16. The fourth-order valence-corrected chi connectivity index (χ4v) is 2.10. The summed E-state index contributed by atoms with van der Waals surface area (Å²) in [5, 5.41) is 22.4. The number of benzene rings is 2. The minimum absolute atomic E-state index is 0.0116. The molecular formula is C16H19NO3. The number of nitrogens with one attached hydrogen (secondary N) is 1. The summed E-state index contributed by atoms with van der Waals surface area (Å²) in [6.07, 6.45) is 0. The van der Waals surface area contributed by atoms with E-state index in [0.29, 0.717) is 5.75 Å². The minimum Gasteiger partial charge on any atom is -0.507 e. The maximum atomic E-state index is 10.0. The van der Waals surface area contributed by atoms with Gasteiger partial charge in [-0.25, -0.2) is 0 Å². The van der Waals surface area contributed by atoms with Crippen molar-refractivity contribution in [2.45, 2.75) is 19.6 Å². The SMILES string of the molecule is COc1ccc(C(C)Nc2cccc(CO)c2)c(O)c1. The highest BCUT2D eigenvalue weighted by Gasteiger charge is 2.11. The Kier molecular flexibility index (Phi) is 4.48. The number of hydrogen-bond acceptors (Lipinski definition) is 4. The normalized spacial score (nSPS) is 11.9. The zero-order valence-corrected chi connectivity index (χ0v) is 11.6. The lowest BCUT2D eigenvalue weighted by molar-refractivity contribution is 0.282. The number of phenols is 1. The van der Waals surface area contributed by atoms with Crippen molar-refractivity contribution >= 4 is 5.69 Å². The molecule has 3 N–H and O–H groups in total. The molecule has 0 amide bonds. The maximum Gasteiger partial charge on any atom is 0.124 e. The van der Waals surface area contributed by atoms with Crippen molar-refractivity contribution in [2.75, 3.05) is 12.4 Å². The molecule has 1 atom stereocenters. The lowest BCUT2D eigenvalue weighted by Gasteiger charge is -2.18. The van der Waals surface area contributed by atoms with E-state index in [-0.39, 0.29) is 18.4 Å². The summed E-state index contributed by atoms with van der Waals surface area (Å²) >= 11 is 0. The second kappa shape index (κ2) is 6.30. The highest BCUT2D eigenvalue weighted by atomic mass is 16.5. The van der Waals surface area contributed by atoms with Gasteiger partial charge in [0.1, 0.15) is 11.5 Å². The highest BCUT2D eigenvalue weighted by Crippen LogP contribution is 2.30. The molecule has 0 aliphatic heterocycles. The Morgan fingerprint density at radius 1 is 1.20 bits per heavy atom. The first-order valence-electron chi connectivity index (χ1n) is 6.47. The topological polar surface area (TPSA) is 61.7 Å². The Labute approximate surface area is 118 Å². The van der Waals surface area contributed by atoms with Crippen molar-refractivity contribution in [2.24, 2.45) is 0 Å². The van der Waals surface area contributed by atoms with Gasteiger partial charge >= 0.3 is 0 Å². The summed E-state index contributed by atoms with van der Waals surface area (Å²) in [7, 11) is 1.57. The zero-order chi connectivity index (χ0) is 14.5. The average molecular weight is 273 g/mol. The Bertz CT molecular complexity index is 584. The first-order valence-corrected chi connectivity index (χ1v) is 6.47. The highest BCUT2D eigenvalue weighted by molar-refractivity contribution is 5.50. The molecule has 1 unspecified atom stereocenters. The van der Waals surface area contributed by atoms with Crippen LogP contribution < -0.4 is 10.1 Å². The van der Waals surface area contributed by atoms with Gasteiger partial charge in [-0.3, -0.25) is 0 Å². The molecule has 0 saturated carbocycles. The van der Waals surface area contributed by atoms with Crippen molar-refractivity contribution < 1.29 is 14.9 Å². The fraction of sp³-hybridized carbons (Fsp3) is 0.250. The molecule has 0 bridgehead atoms. The number of aromatic hydroxyl groups is 1. The van der Waals surface area contributed by atoms with Gasteiger partial charge in [-0.05, 0) is 36.8 Å². The number of anilines is 1. The molecule has 0 heterocycles. The van der Waals surface area contributed by atoms with E-state index in [1.807, 2.05) is 43.3 Å². The molecule has 0 spiro atoms. The van der Waals surface area contributed by atoms with E-state index in [4.69, 9.17) is 9.84 Å². The van der Waals surface area contributed by atoms with Crippen LogP contribution in [0, 0.1) is 0 Å². The van der Waals surface area contributed by atoms with Crippen molar-refractivity contribution in [1.29, 1.82) is 0 Å². The van der Waals surface area contributed by atoms with E-state index >= 15 is 0 Å². The number of methoxy groups -OCH3 is 1. The van der Waals surface area contributed by atoms with Crippen LogP contribution in [0.4, 0.5) is 5.69 Å². The number of rotatable bonds is 5. The molecule has 106 valence electrons. The third-order valence-corrected chi connectivity index (χ3v) is 3.20. The van der Waals surface area contributed by atoms with E-state index in [1.54, 1.807) is 13.2 Å². The molecule has 2 aromatic carbocycles. The number of hydrogen-bond donors (Lipinski definition) is 3. The largest absolute Gasteiger partial charge is 0.507 e. The Morgan fingerprint density at radius 2 is 2.00 bits per heavy atom. The zero-order valence-electron chi connectivity index (χ0n) is 11.6. The second-order valence-corrected chi connectivity index (χ2v) is 4.65. The molecule has 20 heavy (non-hydrogen) atoms. The quantitative estimate of drug-likeness (QED) is 0.783. The van der Waals surface area contributed by atoms with E-state index in [1.165, 1.54) is 0 Å².